The van der Waals surface area contributed by atoms with Crippen LogP contribution in [0.4, 0.5) is 5.69 Å². The molecule has 1 fully saturated rings. The van der Waals surface area contributed by atoms with Gasteiger partial charge >= 0.3 is 0 Å². The molecule has 2 amide bonds. The number of benzene rings is 2. The molecule has 1 aliphatic rings. The Morgan fingerprint density at radius 1 is 1.12 bits per heavy atom. The molecule has 1 N–H and O–H groups in total. The third kappa shape index (κ3) is 3.48. The predicted octanol–water partition coefficient (Wildman–Crippen LogP) is 2.97. The second-order valence-electron chi connectivity index (χ2n) is 6.40. The molecule has 1 heterocycles. The predicted molar refractivity (Wildman–Crippen MR) is 94.7 cm³/mol. The molecule has 0 aromatic heterocycles. The van der Waals surface area contributed by atoms with E-state index < -0.39 is 0 Å². The van der Waals surface area contributed by atoms with Gasteiger partial charge < -0.3 is 10.2 Å². The van der Waals surface area contributed by atoms with Gasteiger partial charge in [-0.05, 0) is 31.0 Å². The second kappa shape index (κ2) is 6.87. The lowest BCUT2D eigenvalue weighted by Gasteiger charge is -2.19. The fourth-order valence-electron chi connectivity index (χ4n) is 3.02. The van der Waals surface area contributed by atoms with Crippen LogP contribution in [-0.4, -0.2) is 18.4 Å². The molecule has 1 atom stereocenters. The number of hydrogen-bond donors (Lipinski definition) is 1. The summed E-state index contributed by atoms with van der Waals surface area (Å²) in [5.74, 6) is -0.331. The van der Waals surface area contributed by atoms with Crippen molar-refractivity contribution in [2.75, 3.05) is 11.4 Å². The number of anilines is 1. The van der Waals surface area contributed by atoms with Crippen molar-refractivity contribution in [2.45, 2.75) is 26.8 Å². The number of carbonyl (C=O) groups excluding carboxylic acids is 2. The average Bonchev–Trinajstić information content (AvgIpc) is 2.96. The van der Waals surface area contributed by atoms with Crippen molar-refractivity contribution in [1.82, 2.24) is 5.32 Å². The molecule has 0 spiro atoms. The van der Waals surface area contributed by atoms with Crippen molar-refractivity contribution >= 4 is 17.5 Å². The molecule has 0 aliphatic carbocycles. The number of rotatable bonds is 4. The second-order valence-corrected chi connectivity index (χ2v) is 6.40. The summed E-state index contributed by atoms with van der Waals surface area (Å²) in [7, 11) is 0. The molecule has 0 unspecified atom stereocenters. The number of hydrogen-bond acceptors (Lipinski definition) is 2. The molecule has 4 nitrogen and oxygen atoms in total. The normalized spacial score (nSPS) is 17.2. The van der Waals surface area contributed by atoms with Gasteiger partial charge in [0.15, 0.2) is 0 Å². The first-order valence-corrected chi connectivity index (χ1v) is 8.24. The van der Waals surface area contributed by atoms with E-state index in [1.807, 2.05) is 62.4 Å². The van der Waals surface area contributed by atoms with Crippen LogP contribution in [0.1, 0.15) is 23.1 Å². The highest BCUT2D eigenvalue weighted by Crippen LogP contribution is 2.27. The maximum atomic E-state index is 12.4. The van der Waals surface area contributed by atoms with Gasteiger partial charge in [-0.3, -0.25) is 9.59 Å². The molecule has 124 valence electrons. The van der Waals surface area contributed by atoms with E-state index in [0.717, 1.165) is 16.8 Å². The zero-order chi connectivity index (χ0) is 17.1. The van der Waals surface area contributed by atoms with Crippen molar-refractivity contribution in [1.29, 1.82) is 0 Å². The summed E-state index contributed by atoms with van der Waals surface area (Å²) in [4.78, 5) is 26.4. The van der Waals surface area contributed by atoms with E-state index in [1.54, 1.807) is 4.90 Å². The first-order valence-electron chi connectivity index (χ1n) is 8.24. The van der Waals surface area contributed by atoms with Gasteiger partial charge in [-0.2, -0.15) is 0 Å². The first-order chi connectivity index (χ1) is 11.5. The van der Waals surface area contributed by atoms with Crippen LogP contribution in [0.25, 0.3) is 0 Å². The number of aryl methyl sites for hydroxylation is 2. The van der Waals surface area contributed by atoms with E-state index in [9.17, 15) is 9.59 Å². The highest BCUT2D eigenvalue weighted by atomic mass is 16.2. The van der Waals surface area contributed by atoms with Crippen LogP contribution in [0.3, 0.4) is 0 Å². The maximum Gasteiger partial charge on any atom is 0.227 e. The smallest absolute Gasteiger partial charge is 0.227 e. The summed E-state index contributed by atoms with van der Waals surface area (Å²) in [6.07, 6.45) is 0.272. The highest BCUT2D eigenvalue weighted by molar-refractivity contribution is 6.00. The molecular weight excluding hydrogens is 300 g/mol. The summed E-state index contributed by atoms with van der Waals surface area (Å²) in [6.45, 7) is 4.96. The minimum atomic E-state index is -0.289. The van der Waals surface area contributed by atoms with Crippen molar-refractivity contribution in [3.63, 3.8) is 0 Å². The third-order valence-corrected chi connectivity index (χ3v) is 4.49. The summed E-state index contributed by atoms with van der Waals surface area (Å²) in [5, 5.41) is 2.95. The molecule has 1 aliphatic heterocycles. The molecule has 4 heteroatoms. The van der Waals surface area contributed by atoms with Crippen LogP contribution >= 0.6 is 0 Å². The molecule has 1 saturated heterocycles. The molecule has 0 saturated carbocycles. The van der Waals surface area contributed by atoms with Crippen LogP contribution in [-0.2, 0) is 16.1 Å². The van der Waals surface area contributed by atoms with Crippen LogP contribution in [0.15, 0.2) is 48.5 Å². The summed E-state index contributed by atoms with van der Waals surface area (Å²) < 4.78 is 0. The summed E-state index contributed by atoms with van der Waals surface area (Å²) in [6, 6.07) is 15.9. The number of para-hydroxylation sites is 1. The van der Waals surface area contributed by atoms with E-state index in [1.165, 1.54) is 5.56 Å². The fraction of sp³-hybridized carbons (Fsp3) is 0.300. The van der Waals surface area contributed by atoms with Crippen molar-refractivity contribution in [3.8, 4) is 0 Å². The minimum absolute atomic E-state index is 0.0137. The summed E-state index contributed by atoms with van der Waals surface area (Å²) >= 11 is 0. The number of carbonyl (C=O) groups is 2. The zero-order valence-corrected chi connectivity index (χ0v) is 14.1. The molecule has 24 heavy (non-hydrogen) atoms. The van der Waals surface area contributed by atoms with Crippen LogP contribution in [0.5, 0.6) is 0 Å². The van der Waals surface area contributed by atoms with Gasteiger partial charge in [-0.1, -0.05) is 48.0 Å². The lowest BCUT2D eigenvalue weighted by molar-refractivity contribution is -0.126. The van der Waals surface area contributed by atoms with Crippen molar-refractivity contribution < 1.29 is 9.59 Å². The van der Waals surface area contributed by atoms with Gasteiger partial charge in [0.2, 0.25) is 11.8 Å². The van der Waals surface area contributed by atoms with E-state index in [2.05, 4.69) is 5.32 Å². The quantitative estimate of drug-likeness (QED) is 0.941. The molecule has 2 aromatic rings. The third-order valence-electron chi connectivity index (χ3n) is 4.49. The number of nitrogens with one attached hydrogen (secondary N) is 1. The maximum absolute atomic E-state index is 12.4. The van der Waals surface area contributed by atoms with E-state index in [4.69, 9.17) is 0 Å². The number of amides is 2. The Bertz CT molecular complexity index is 752. The van der Waals surface area contributed by atoms with Crippen LogP contribution in [0.2, 0.25) is 0 Å². The highest BCUT2D eigenvalue weighted by Gasteiger charge is 2.35. The van der Waals surface area contributed by atoms with Gasteiger partial charge in [0.1, 0.15) is 0 Å². The van der Waals surface area contributed by atoms with E-state index in [0.29, 0.717) is 13.1 Å². The van der Waals surface area contributed by atoms with Crippen molar-refractivity contribution in [3.05, 3.63) is 65.2 Å². The summed E-state index contributed by atoms with van der Waals surface area (Å²) in [5.41, 5.74) is 4.21. The Morgan fingerprint density at radius 3 is 2.54 bits per heavy atom. The molecule has 2 aromatic carbocycles. The minimum Gasteiger partial charge on any atom is -0.352 e. The van der Waals surface area contributed by atoms with Crippen LogP contribution in [0, 0.1) is 19.8 Å². The Morgan fingerprint density at radius 2 is 1.83 bits per heavy atom. The number of nitrogens with zero attached hydrogens (tertiary/aromatic N) is 1. The van der Waals surface area contributed by atoms with Crippen molar-refractivity contribution in [2.24, 2.45) is 5.92 Å². The standard InChI is InChI=1S/C20H22N2O2/c1-14-7-9-16(10-8-14)12-21-20(24)17-11-19(23)22(13-17)18-6-4-3-5-15(18)2/h3-10,17H,11-13H2,1-2H3,(H,21,24)/t17-/m1/s1. The van der Waals surface area contributed by atoms with Crippen LogP contribution < -0.4 is 10.2 Å². The first kappa shape index (κ1) is 16.2. The zero-order valence-electron chi connectivity index (χ0n) is 14.1. The Hall–Kier alpha value is -2.62. The van der Waals surface area contributed by atoms with Gasteiger partial charge in [-0.25, -0.2) is 0 Å². The lowest BCUT2D eigenvalue weighted by atomic mass is 10.1. The van der Waals surface area contributed by atoms with Gasteiger partial charge in [0, 0.05) is 25.2 Å². The van der Waals surface area contributed by atoms with E-state index in [-0.39, 0.29) is 24.2 Å². The van der Waals surface area contributed by atoms with E-state index >= 15 is 0 Å². The van der Waals surface area contributed by atoms with Gasteiger partial charge in [-0.15, -0.1) is 0 Å². The molecule has 0 radical (unpaired) electrons. The fourth-order valence-corrected chi connectivity index (χ4v) is 3.02. The Labute approximate surface area is 142 Å². The largest absolute Gasteiger partial charge is 0.352 e. The van der Waals surface area contributed by atoms with Gasteiger partial charge in [0.25, 0.3) is 0 Å². The Kier molecular flexibility index (Phi) is 4.65. The molecule has 0 bridgehead atoms. The molecule has 3 rings (SSSR count). The lowest BCUT2D eigenvalue weighted by Crippen LogP contribution is -2.32. The monoisotopic (exact) mass is 322 g/mol. The Balaban J connectivity index is 1.62. The SMILES string of the molecule is Cc1ccc(CNC(=O)[C@@H]2CC(=O)N(c3ccccc3C)C2)cc1. The topological polar surface area (TPSA) is 49.4 Å². The average molecular weight is 322 g/mol. The molecular formula is C20H22N2O2. The van der Waals surface area contributed by atoms with Gasteiger partial charge in [0.05, 0.1) is 5.92 Å².